The number of rotatable bonds is 2. The van der Waals surface area contributed by atoms with E-state index < -0.39 is 6.16 Å². The lowest BCUT2D eigenvalue weighted by Gasteiger charge is -2.01. The maximum atomic E-state index is 11.7. The van der Waals surface area contributed by atoms with Crippen molar-refractivity contribution in [2.45, 2.75) is 18.9 Å². The summed E-state index contributed by atoms with van der Waals surface area (Å²) in [4.78, 5) is 31.2. The SMILES string of the molecule is O=C(NC1CC1)c1cnc2nc[nH]c2c1.O=C(O)O. The van der Waals surface area contributed by atoms with E-state index in [9.17, 15) is 4.79 Å². The number of imidazole rings is 1. The van der Waals surface area contributed by atoms with E-state index in [2.05, 4.69) is 20.3 Å². The van der Waals surface area contributed by atoms with Crippen molar-refractivity contribution < 1.29 is 19.8 Å². The summed E-state index contributed by atoms with van der Waals surface area (Å²) in [5, 5.41) is 16.9. The molecule has 100 valence electrons. The maximum Gasteiger partial charge on any atom is 0.503 e. The van der Waals surface area contributed by atoms with E-state index in [-0.39, 0.29) is 5.91 Å². The molecule has 1 aliphatic rings. The summed E-state index contributed by atoms with van der Waals surface area (Å²) >= 11 is 0. The average Bonchev–Trinajstić information content (AvgIpc) is 3.03. The third-order valence-corrected chi connectivity index (χ3v) is 2.45. The Balaban J connectivity index is 0.000000297. The Bertz CT molecular complexity index is 602. The minimum atomic E-state index is -1.83. The van der Waals surface area contributed by atoms with Gasteiger partial charge in [-0.3, -0.25) is 4.79 Å². The summed E-state index contributed by atoms with van der Waals surface area (Å²) < 4.78 is 0. The third kappa shape index (κ3) is 3.66. The minimum Gasteiger partial charge on any atom is -0.450 e. The number of H-pyrrole nitrogens is 1. The molecule has 0 unspecified atom stereocenters. The zero-order valence-electron chi connectivity index (χ0n) is 9.83. The Morgan fingerprint density at radius 1 is 1.32 bits per heavy atom. The molecule has 1 fully saturated rings. The van der Waals surface area contributed by atoms with Crippen molar-refractivity contribution in [3.8, 4) is 0 Å². The molecule has 8 heteroatoms. The molecule has 2 aromatic heterocycles. The molecule has 0 atom stereocenters. The van der Waals surface area contributed by atoms with Gasteiger partial charge in [-0.15, -0.1) is 0 Å². The first-order chi connectivity index (χ1) is 9.06. The largest absolute Gasteiger partial charge is 0.503 e. The van der Waals surface area contributed by atoms with Crippen LogP contribution in [0.4, 0.5) is 4.79 Å². The van der Waals surface area contributed by atoms with E-state index in [1.54, 1.807) is 18.6 Å². The van der Waals surface area contributed by atoms with Crippen LogP contribution in [0.2, 0.25) is 0 Å². The van der Waals surface area contributed by atoms with Crippen LogP contribution in [-0.4, -0.2) is 43.3 Å². The molecule has 1 saturated carbocycles. The summed E-state index contributed by atoms with van der Waals surface area (Å²) in [6.45, 7) is 0. The standard InChI is InChI=1S/C10H10N4O.CH2O3/c15-10(14-7-1-2-7)6-3-8-9(11-4-6)13-5-12-8;2-1(3)4/h3-5,7H,1-2H2,(H,14,15)(H,11,12,13);(H2,2,3,4). The van der Waals surface area contributed by atoms with Crippen LogP contribution in [0.15, 0.2) is 18.6 Å². The molecule has 1 aliphatic carbocycles. The van der Waals surface area contributed by atoms with Gasteiger partial charge in [-0.25, -0.2) is 14.8 Å². The van der Waals surface area contributed by atoms with E-state index in [1.165, 1.54) is 0 Å². The van der Waals surface area contributed by atoms with Crippen molar-refractivity contribution >= 4 is 23.2 Å². The summed E-state index contributed by atoms with van der Waals surface area (Å²) in [5.41, 5.74) is 2.01. The molecule has 19 heavy (non-hydrogen) atoms. The summed E-state index contributed by atoms with van der Waals surface area (Å²) in [6, 6.07) is 2.14. The van der Waals surface area contributed by atoms with E-state index in [0.717, 1.165) is 18.4 Å². The van der Waals surface area contributed by atoms with Crippen LogP contribution in [0.3, 0.4) is 0 Å². The number of amides is 1. The van der Waals surface area contributed by atoms with E-state index in [1.807, 2.05) is 0 Å². The molecule has 1 amide bonds. The molecule has 0 bridgehead atoms. The molecule has 3 rings (SSSR count). The van der Waals surface area contributed by atoms with Crippen molar-refractivity contribution in [2.24, 2.45) is 0 Å². The van der Waals surface area contributed by atoms with Gasteiger partial charge >= 0.3 is 6.16 Å². The normalized spacial score (nSPS) is 13.5. The Morgan fingerprint density at radius 3 is 2.63 bits per heavy atom. The number of nitrogens with zero attached hydrogens (tertiary/aromatic N) is 2. The average molecular weight is 264 g/mol. The first-order valence-corrected chi connectivity index (χ1v) is 5.58. The second kappa shape index (κ2) is 5.34. The number of hydrogen-bond donors (Lipinski definition) is 4. The highest BCUT2D eigenvalue weighted by molar-refractivity contribution is 5.96. The van der Waals surface area contributed by atoms with Gasteiger partial charge < -0.3 is 20.5 Å². The van der Waals surface area contributed by atoms with Gasteiger partial charge in [-0.2, -0.15) is 0 Å². The lowest BCUT2D eigenvalue weighted by molar-refractivity contribution is 0.0950. The Kier molecular flexibility index (Phi) is 3.60. The van der Waals surface area contributed by atoms with Crippen LogP contribution in [-0.2, 0) is 0 Å². The van der Waals surface area contributed by atoms with Crippen LogP contribution in [0.5, 0.6) is 0 Å². The fourth-order valence-electron chi connectivity index (χ4n) is 1.45. The number of carboxylic acid groups (broad SMARTS) is 2. The molecular weight excluding hydrogens is 252 g/mol. The van der Waals surface area contributed by atoms with Gasteiger partial charge in [-0.1, -0.05) is 0 Å². The van der Waals surface area contributed by atoms with Crippen molar-refractivity contribution in [2.75, 3.05) is 0 Å². The first-order valence-electron chi connectivity index (χ1n) is 5.58. The monoisotopic (exact) mass is 264 g/mol. The molecule has 8 nitrogen and oxygen atoms in total. The number of carbonyl (C=O) groups excluding carboxylic acids is 1. The first kappa shape index (κ1) is 12.8. The summed E-state index contributed by atoms with van der Waals surface area (Å²) in [6.07, 6.45) is 3.47. The Hall–Kier alpha value is -2.64. The van der Waals surface area contributed by atoms with Gasteiger partial charge in [0.25, 0.3) is 5.91 Å². The van der Waals surface area contributed by atoms with Gasteiger partial charge in [0.05, 0.1) is 17.4 Å². The van der Waals surface area contributed by atoms with Crippen molar-refractivity contribution in [3.05, 3.63) is 24.2 Å². The zero-order valence-corrected chi connectivity index (χ0v) is 9.83. The molecule has 0 aliphatic heterocycles. The van der Waals surface area contributed by atoms with Crippen LogP contribution in [0.1, 0.15) is 23.2 Å². The fraction of sp³-hybridized carbons (Fsp3) is 0.273. The van der Waals surface area contributed by atoms with Crippen LogP contribution in [0.25, 0.3) is 11.2 Å². The van der Waals surface area contributed by atoms with Crippen LogP contribution >= 0.6 is 0 Å². The highest BCUT2D eigenvalue weighted by atomic mass is 16.6. The predicted octanol–water partition coefficient (Wildman–Crippen LogP) is 1.07. The number of hydrogen-bond acceptors (Lipinski definition) is 4. The molecule has 2 heterocycles. The van der Waals surface area contributed by atoms with Crippen molar-refractivity contribution in [3.63, 3.8) is 0 Å². The number of carbonyl (C=O) groups is 2. The fourth-order valence-corrected chi connectivity index (χ4v) is 1.45. The lowest BCUT2D eigenvalue weighted by Crippen LogP contribution is -2.25. The van der Waals surface area contributed by atoms with E-state index >= 15 is 0 Å². The Labute approximate surface area is 107 Å². The number of pyridine rings is 1. The lowest BCUT2D eigenvalue weighted by atomic mass is 10.2. The number of nitrogens with one attached hydrogen (secondary N) is 2. The molecule has 4 N–H and O–H groups in total. The topological polar surface area (TPSA) is 128 Å². The van der Waals surface area contributed by atoms with Crippen molar-refractivity contribution in [1.82, 2.24) is 20.3 Å². The van der Waals surface area contributed by atoms with Gasteiger partial charge in [0.15, 0.2) is 5.65 Å². The molecule has 0 aromatic carbocycles. The maximum absolute atomic E-state index is 11.7. The number of aromatic nitrogens is 3. The predicted molar refractivity (Wildman–Crippen MR) is 65.0 cm³/mol. The molecule has 0 spiro atoms. The second-order valence-corrected chi connectivity index (χ2v) is 4.03. The highest BCUT2D eigenvalue weighted by Gasteiger charge is 2.23. The van der Waals surface area contributed by atoms with Crippen molar-refractivity contribution in [1.29, 1.82) is 0 Å². The highest BCUT2D eigenvalue weighted by Crippen LogP contribution is 2.19. The third-order valence-electron chi connectivity index (χ3n) is 2.45. The van der Waals surface area contributed by atoms with Crippen LogP contribution in [0, 0.1) is 0 Å². The van der Waals surface area contributed by atoms with E-state index in [0.29, 0.717) is 17.3 Å². The zero-order chi connectivity index (χ0) is 13.8. The number of fused-ring (bicyclic) bond motifs is 1. The summed E-state index contributed by atoms with van der Waals surface area (Å²) in [5.74, 6) is -0.0542. The van der Waals surface area contributed by atoms with Crippen LogP contribution < -0.4 is 5.32 Å². The Morgan fingerprint density at radius 2 is 2.00 bits per heavy atom. The van der Waals surface area contributed by atoms with Gasteiger partial charge in [0, 0.05) is 12.2 Å². The molecule has 0 radical (unpaired) electrons. The summed E-state index contributed by atoms with van der Waals surface area (Å²) in [7, 11) is 0. The smallest absolute Gasteiger partial charge is 0.450 e. The second-order valence-electron chi connectivity index (χ2n) is 4.03. The van der Waals surface area contributed by atoms with Gasteiger partial charge in [0.1, 0.15) is 0 Å². The van der Waals surface area contributed by atoms with Gasteiger partial charge in [-0.05, 0) is 18.9 Å². The van der Waals surface area contributed by atoms with Gasteiger partial charge in [0.2, 0.25) is 0 Å². The molecular formula is C11H12N4O4. The molecule has 0 saturated heterocycles. The van der Waals surface area contributed by atoms with E-state index in [4.69, 9.17) is 15.0 Å². The number of aromatic amines is 1. The molecule has 2 aromatic rings. The quantitative estimate of drug-likeness (QED) is 0.642. The minimum absolute atomic E-state index is 0.0542.